The van der Waals surface area contributed by atoms with Crippen LogP contribution in [0.4, 0.5) is 0 Å². The van der Waals surface area contributed by atoms with Crippen LogP contribution < -0.4 is 0 Å². The van der Waals surface area contributed by atoms with Gasteiger partial charge in [0.25, 0.3) is 0 Å². The highest BCUT2D eigenvalue weighted by molar-refractivity contribution is 7.89. The van der Waals surface area contributed by atoms with Gasteiger partial charge in [0, 0.05) is 7.11 Å². The van der Waals surface area contributed by atoms with E-state index in [2.05, 4.69) is 6.58 Å². The first-order chi connectivity index (χ1) is 12.9. The Kier molecular flexibility index (Phi) is 6.41. The molecule has 1 saturated carbocycles. The molecule has 0 amide bonds. The SMILES string of the molecule is C=C(C1CCCCC1)C(O)C1CCC(OC)N1S(=O)(=O)c1ccc(C)cc1. The van der Waals surface area contributed by atoms with Gasteiger partial charge in [0.2, 0.25) is 10.0 Å². The van der Waals surface area contributed by atoms with Gasteiger partial charge in [-0.1, -0.05) is 43.5 Å². The minimum Gasteiger partial charge on any atom is -0.387 e. The number of nitrogens with zero attached hydrogens (tertiary/aromatic N) is 1. The van der Waals surface area contributed by atoms with Crippen LogP contribution in [0.1, 0.15) is 50.5 Å². The molecule has 0 radical (unpaired) electrons. The van der Waals surface area contributed by atoms with Crippen LogP contribution in [0, 0.1) is 12.8 Å². The first-order valence-electron chi connectivity index (χ1n) is 9.86. The summed E-state index contributed by atoms with van der Waals surface area (Å²) in [6.45, 7) is 6.08. The van der Waals surface area contributed by atoms with Gasteiger partial charge in [-0.3, -0.25) is 0 Å². The maximum Gasteiger partial charge on any atom is 0.245 e. The van der Waals surface area contributed by atoms with Crippen LogP contribution in [0.25, 0.3) is 0 Å². The normalized spacial score (nSPS) is 26.2. The molecule has 1 N–H and O–H groups in total. The molecular formula is C21H31NO4S. The van der Waals surface area contributed by atoms with Gasteiger partial charge in [0.05, 0.1) is 17.0 Å². The molecule has 1 heterocycles. The van der Waals surface area contributed by atoms with Gasteiger partial charge in [-0.2, -0.15) is 4.31 Å². The second-order valence-electron chi connectivity index (χ2n) is 7.84. The third kappa shape index (κ3) is 4.14. The number of sulfonamides is 1. The van der Waals surface area contributed by atoms with Gasteiger partial charge >= 0.3 is 0 Å². The van der Waals surface area contributed by atoms with Crippen molar-refractivity contribution in [1.82, 2.24) is 4.31 Å². The lowest BCUT2D eigenvalue weighted by Crippen LogP contribution is -2.48. The molecule has 150 valence electrons. The lowest BCUT2D eigenvalue weighted by atomic mass is 9.81. The summed E-state index contributed by atoms with van der Waals surface area (Å²) in [7, 11) is -2.25. The molecule has 1 aromatic rings. The molecule has 1 aliphatic heterocycles. The van der Waals surface area contributed by atoms with Gasteiger partial charge in [-0.15, -0.1) is 0 Å². The summed E-state index contributed by atoms with van der Waals surface area (Å²) in [5, 5.41) is 11.0. The number of ether oxygens (including phenoxy) is 1. The van der Waals surface area contributed by atoms with E-state index in [0.717, 1.165) is 36.8 Å². The number of aliphatic hydroxyl groups excluding tert-OH is 1. The van der Waals surface area contributed by atoms with Gasteiger partial charge in [0.1, 0.15) is 6.23 Å². The molecule has 1 aromatic carbocycles. The van der Waals surface area contributed by atoms with E-state index in [9.17, 15) is 13.5 Å². The van der Waals surface area contributed by atoms with Crippen LogP contribution in [0.5, 0.6) is 0 Å². The van der Waals surface area contributed by atoms with Crippen molar-refractivity contribution in [3.05, 3.63) is 42.0 Å². The van der Waals surface area contributed by atoms with Crippen LogP contribution in [-0.2, 0) is 14.8 Å². The van der Waals surface area contributed by atoms with Crippen molar-refractivity contribution in [3.8, 4) is 0 Å². The summed E-state index contributed by atoms with van der Waals surface area (Å²) in [4.78, 5) is 0.234. The predicted octanol–water partition coefficient (Wildman–Crippen LogP) is 3.62. The fourth-order valence-corrected chi connectivity index (χ4v) is 6.23. The molecule has 1 saturated heterocycles. The standard InChI is InChI=1S/C21H31NO4S/c1-15-9-11-18(12-10-15)27(24,25)22-19(13-14-20(22)26-3)21(23)16(2)17-7-5-4-6-8-17/h9-12,17,19-21,23H,2,4-8,13-14H2,1,3H3. The highest BCUT2D eigenvalue weighted by Gasteiger charge is 2.46. The average molecular weight is 394 g/mol. The van der Waals surface area contributed by atoms with Crippen molar-refractivity contribution in [1.29, 1.82) is 0 Å². The van der Waals surface area contributed by atoms with Crippen molar-refractivity contribution >= 4 is 10.0 Å². The van der Waals surface area contributed by atoms with Crippen molar-refractivity contribution in [2.24, 2.45) is 5.92 Å². The fraction of sp³-hybridized carbons (Fsp3) is 0.619. The Bertz CT molecular complexity index is 753. The number of hydrogen-bond donors (Lipinski definition) is 1. The number of aryl methyl sites for hydroxylation is 1. The Hall–Kier alpha value is -1.21. The monoisotopic (exact) mass is 393 g/mol. The number of rotatable bonds is 6. The molecule has 2 aliphatic rings. The summed E-state index contributed by atoms with van der Waals surface area (Å²) in [6, 6.07) is 6.29. The number of hydrogen-bond acceptors (Lipinski definition) is 4. The molecular weight excluding hydrogens is 362 g/mol. The zero-order valence-electron chi connectivity index (χ0n) is 16.3. The largest absolute Gasteiger partial charge is 0.387 e. The van der Waals surface area contributed by atoms with E-state index in [0.29, 0.717) is 12.8 Å². The van der Waals surface area contributed by atoms with Crippen LogP contribution in [0.3, 0.4) is 0 Å². The summed E-state index contributed by atoms with van der Waals surface area (Å²) < 4.78 is 33.5. The Balaban J connectivity index is 1.87. The highest BCUT2D eigenvalue weighted by atomic mass is 32.2. The number of aliphatic hydroxyl groups is 1. The molecule has 3 unspecified atom stereocenters. The van der Waals surface area contributed by atoms with Crippen LogP contribution >= 0.6 is 0 Å². The Labute approximate surface area is 163 Å². The van der Waals surface area contributed by atoms with E-state index in [-0.39, 0.29) is 10.8 Å². The smallest absolute Gasteiger partial charge is 0.245 e. The third-order valence-corrected chi connectivity index (χ3v) is 7.99. The van der Waals surface area contributed by atoms with Crippen molar-refractivity contribution in [2.45, 2.75) is 75.1 Å². The molecule has 3 rings (SSSR count). The molecule has 27 heavy (non-hydrogen) atoms. The van der Waals surface area contributed by atoms with Crippen LogP contribution in [0.2, 0.25) is 0 Å². The second-order valence-corrected chi connectivity index (χ2v) is 9.68. The molecule has 0 spiro atoms. The zero-order valence-corrected chi connectivity index (χ0v) is 17.1. The lowest BCUT2D eigenvalue weighted by molar-refractivity contribution is 0.0104. The van der Waals surface area contributed by atoms with E-state index in [1.54, 1.807) is 24.3 Å². The predicted molar refractivity (Wildman–Crippen MR) is 106 cm³/mol. The minimum atomic E-state index is -3.77. The maximum absolute atomic E-state index is 13.3. The van der Waals surface area contributed by atoms with Gasteiger partial charge in [0.15, 0.2) is 0 Å². The summed E-state index contributed by atoms with van der Waals surface area (Å²) in [5.41, 5.74) is 1.78. The molecule has 0 aromatic heterocycles. The summed E-state index contributed by atoms with van der Waals surface area (Å²) in [6.07, 6.45) is 5.28. The molecule has 6 heteroatoms. The van der Waals surface area contributed by atoms with E-state index < -0.39 is 28.4 Å². The van der Waals surface area contributed by atoms with E-state index in [1.807, 2.05) is 6.92 Å². The van der Waals surface area contributed by atoms with E-state index >= 15 is 0 Å². The van der Waals surface area contributed by atoms with Crippen molar-refractivity contribution in [2.75, 3.05) is 7.11 Å². The Morgan fingerprint density at radius 1 is 1.15 bits per heavy atom. The summed E-state index contributed by atoms with van der Waals surface area (Å²) >= 11 is 0. The molecule has 2 fully saturated rings. The van der Waals surface area contributed by atoms with Crippen molar-refractivity contribution < 1.29 is 18.3 Å². The second kappa shape index (κ2) is 8.43. The van der Waals surface area contributed by atoms with Gasteiger partial charge in [-0.05, 0) is 56.2 Å². The topological polar surface area (TPSA) is 66.8 Å². The fourth-order valence-electron chi connectivity index (χ4n) is 4.43. The summed E-state index contributed by atoms with van der Waals surface area (Å²) in [5.74, 6) is 0.277. The van der Waals surface area contributed by atoms with Crippen molar-refractivity contribution in [3.63, 3.8) is 0 Å². The third-order valence-electron chi connectivity index (χ3n) is 6.06. The Morgan fingerprint density at radius 2 is 1.78 bits per heavy atom. The number of benzene rings is 1. The zero-order chi connectivity index (χ0) is 19.6. The molecule has 1 aliphatic carbocycles. The van der Waals surface area contributed by atoms with Gasteiger partial charge < -0.3 is 9.84 Å². The van der Waals surface area contributed by atoms with E-state index in [1.165, 1.54) is 17.8 Å². The first kappa shape index (κ1) is 20.5. The molecule has 0 bridgehead atoms. The molecule has 5 nitrogen and oxygen atoms in total. The van der Waals surface area contributed by atoms with Crippen LogP contribution in [0.15, 0.2) is 41.3 Å². The van der Waals surface area contributed by atoms with Crippen LogP contribution in [-0.4, -0.2) is 43.3 Å². The average Bonchev–Trinajstić information content (AvgIpc) is 3.13. The lowest BCUT2D eigenvalue weighted by Gasteiger charge is -2.34. The maximum atomic E-state index is 13.3. The van der Waals surface area contributed by atoms with Gasteiger partial charge in [-0.25, -0.2) is 8.42 Å². The number of methoxy groups -OCH3 is 1. The minimum absolute atomic E-state index is 0.234. The highest BCUT2D eigenvalue weighted by Crippen LogP contribution is 2.38. The molecule has 3 atom stereocenters. The quantitative estimate of drug-likeness (QED) is 0.750. The van der Waals surface area contributed by atoms with E-state index in [4.69, 9.17) is 4.74 Å². The first-order valence-corrected chi connectivity index (χ1v) is 11.3. The Morgan fingerprint density at radius 3 is 2.37 bits per heavy atom.